The Labute approximate surface area is 125 Å². The molecule has 1 aromatic carbocycles. The number of thiophene rings is 1. The molecule has 4 nitrogen and oxygen atoms in total. The quantitative estimate of drug-likeness (QED) is 0.779. The summed E-state index contributed by atoms with van der Waals surface area (Å²) in [5.74, 6) is -0.440. The number of oxazole rings is 1. The molecule has 2 aromatic heterocycles. The van der Waals surface area contributed by atoms with Crippen LogP contribution in [0.4, 0.5) is 0 Å². The number of carbonyl (C=O) groups is 1. The van der Waals surface area contributed by atoms with Gasteiger partial charge < -0.3 is 9.52 Å². The van der Waals surface area contributed by atoms with Gasteiger partial charge in [0.2, 0.25) is 5.89 Å². The number of aromatic carboxylic acids is 1. The lowest BCUT2D eigenvalue weighted by Gasteiger charge is -2.02. The van der Waals surface area contributed by atoms with Gasteiger partial charge in [-0.2, -0.15) is 0 Å². The molecule has 106 valence electrons. The molecular weight excluding hydrogens is 286 g/mol. The highest BCUT2D eigenvalue weighted by molar-refractivity contribution is 7.13. The number of benzene rings is 1. The molecule has 0 radical (unpaired) electrons. The Morgan fingerprint density at radius 2 is 1.95 bits per heavy atom. The number of aryl methyl sites for hydroxylation is 2. The fourth-order valence-corrected chi connectivity index (χ4v) is 2.92. The molecule has 0 saturated carbocycles. The molecule has 0 aliphatic heterocycles. The molecule has 0 bridgehead atoms. The maximum absolute atomic E-state index is 11.4. The summed E-state index contributed by atoms with van der Waals surface area (Å²) in [5, 5.41) is 11.3. The van der Waals surface area contributed by atoms with Gasteiger partial charge in [0.25, 0.3) is 0 Å². The fraction of sp³-hybridized carbons (Fsp3) is 0.125. The molecule has 0 fully saturated rings. The van der Waals surface area contributed by atoms with E-state index in [1.54, 1.807) is 0 Å². The first-order valence-electron chi connectivity index (χ1n) is 6.41. The molecule has 0 aliphatic carbocycles. The molecule has 0 amide bonds. The van der Waals surface area contributed by atoms with Crippen LogP contribution in [-0.4, -0.2) is 16.1 Å². The third-order valence-electron chi connectivity index (χ3n) is 3.05. The Morgan fingerprint density at radius 3 is 2.52 bits per heavy atom. The number of carboxylic acids is 1. The lowest BCUT2D eigenvalue weighted by atomic mass is 10.0. The van der Waals surface area contributed by atoms with Crippen molar-refractivity contribution in [2.75, 3.05) is 0 Å². The van der Waals surface area contributed by atoms with E-state index < -0.39 is 5.97 Å². The van der Waals surface area contributed by atoms with E-state index in [-0.39, 0.29) is 5.69 Å². The van der Waals surface area contributed by atoms with Gasteiger partial charge in [-0.25, -0.2) is 9.78 Å². The van der Waals surface area contributed by atoms with Crippen LogP contribution in [0.25, 0.3) is 22.1 Å². The third kappa shape index (κ3) is 2.60. The molecule has 21 heavy (non-hydrogen) atoms. The Morgan fingerprint density at radius 1 is 1.24 bits per heavy atom. The van der Waals surface area contributed by atoms with E-state index in [1.807, 2.05) is 49.6 Å². The van der Waals surface area contributed by atoms with Gasteiger partial charge >= 0.3 is 5.97 Å². The Balaban J connectivity index is 2.19. The maximum atomic E-state index is 11.4. The van der Waals surface area contributed by atoms with Gasteiger partial charge in [-0.3, -0.25) is 0 Å². The average Bonchev–Trinajstić information content (AvgIpc) is 3.06. The van der Waals surface area contributed by atoms with Crippen molar-refractivity contribution < 1.29 is 14.3 Å². The van der Waals surface area contributed by atoms with Gasteiger partial charge in [0.05, 0.1) is 4.88 Å². The summed E-state index contributed by atoms with van der Waals surface area (Å²) in [4.78, 5) is 16.4. The van der Waals surface area contributed by atoms with E-state index in [2.05, 4.69) is 4.98 Å². The zero-order valence-electron chi connectivity index (χ0n) is 11.6. The number of nitrogens with zero attached hydrogens (tertiary/aromatic N) is 1. The van der Waals surface area contributed by atoms with Crippen LogP contribution >= 0.6 is 11.3 Å². The predicted molar refractivity (Wildman–Crippen MR) is 81.7 cm³/mol. The molecule has 0 atom stereocenters. The van der Waals surface area contributed by atoms with Crippen molar-refractivity contribution >= 4 is 17.3 Å². The molecule has 1 N–H and O–H groups in total. The number of carboxylic acid groups (broad SMARTS) is 1. The van der Waals surface area contributed by atoms with Crippen LogP contribution in [-0.2, 0) is 0 Å². The minimum absolute atomic E-state index is 0.0524. The highest BCUT2D eigenvalue weighted by atomic mass is 32.1. The SMILES string of the molecule is Cc1cc(C)cc(-c2oc(-c3cccs3)nc2C(=O)O)c1. The lowest BCUT2D eigenvalue weighted by molar-refractivity contribution is 0.0691. The zero-order valence-corrected chi connectivity index (χ0v) is 12.4. The molecule has 2 heterocycles. The van der Waals surface area contributed by atoms with E-state index in [1.165, 1.54) is 11.3 Å². The Hall–Kier alpha value is -2.40. The van der Waals surface area contributed by atoms with Crippen molar-refractivity contribution in [1.29, 1.82) is 0 Å². The second-order valence-corrected chi connectivity index (χ2v) is 5.80. The van der Waals surface area contributed by atoms with Gasteiger partial charge in [-0.1, -0.05) is 23.3 Å². The van der Waals surface area contributed by atoms with Crippen LogP contribution in [0.15, 0.2) is 40.1 Å². The summed E-state index contributed by atoms with van der Waals surface area (Å²) in [5.41, 5.74) is 2.79. The van der Waals surface area contributed by atoms with Gasteiger partial charge in [0.1, 0.15) is 0 Å². The minimum atomic E-state index is -1.09. The normalized spacial score (nSPS) is 10.8. The van der Waals surface area contributed by atoms with Crippen LogP contribution in [0, 0.1) is 13.8 Å². The second kappa shape index (κ2) is 5.18. The minimum Gasteiger partial charge on any atom is -0.476 e. The first-order valence-corrected chi connectivity index (χ1v) is 7.29. The molecule has 0 spiro atoms. The summed E-state index contributed by atoms with van der Waals surface area (Å²) in [6.07, 6.45) is 0. The molecule has 0 aliphatic rings. The third-order valence-corrected chi connectivity index (χ3v) is 3.90. The zero-order chi connectivity index (χ0) is 15.0. The lowest BCUT2D eigenvalue weighted by Crippen LogP contribution is -1.99. The molecule has 3 aromatic rings. The van der Waals surface area contributed by atoms with Crippen LogP contribution in [0.1, 0.15) is 21.6 Å². The number of hydrogen-bond donors (Lipinski definition) is 1. The van der Waals surface area contributed by atoms with Crippen molar-refractivity contribution in [2.24, 2.45) is 0 Å². The summed E-state index contributed by atoms with van der Waals surface area (Å²) < 4.78 is 5.74. The molecular formula is C16H13NO3S. The molecule has 3 rings (SSSR count). The Bertz CT molecular complexity index is 783. The van der Waals surface area contributed by atoms with Crippen molar-refractivity contribution in [3.63, 3.8) is 0 Å². The van der Waals surface area contributed by atoms with Crippen molar-refractivity contribution in [2.45, 2.75) is 13.8 Å². The first kappa shape index (κ1) is 13.6. The standard InChI is InChI=1S/C16H13NO3S/c1-9-6-10(2)8-11(7-9)14-13(16(18)19)17-15(20-14)12-4-3-5-21-12/h3-8H,1-2H3,(H,18,19). The van der Waals surface area contributed by atoms with E-state index >= 15 is 0 Å². The number of rotatable bonds is 3. The summed E-state index contributed by atoms with van der Waals surface area (Å²) in [6, 6.07) is 9.56. The van der Waals surface area contributed by atoms with E-state index in [9.17, 15) is 9.90 Å². The first-order chi connectivity index (χ1) is 10.0. The second-order valence-electron chi connectivity index (χ2n) is 4.86. The highest BCUT2D eigenvalue weighted by Gasteiger charge is 2.22. The van der Waals surface area contributed by atoms with Crippen LogP contribution in [0.2, 0.25) is 0 Å². The summed E-state index contributed by atoms with van der Waals surface area (Å²) in [6.45, 7) is 3.93. The van der Waals surface area contributed by atoms with E-state index in [0.29, 0.717) is 11.7 Å². The Kier molecular flexibility index (Phi) is 3.35. The maximum Gasteiger partial charge on any atom is 0.358 e. The predicted octanol–water partition coefficient (Wildman–Crippen LogP) is 4.39. The van der Waals surface area contributed by atoms with E-state index in [0.717, 1.165) is 21.6 Å². The topological polar surface area (TPSA) is 63.3 Å². The summed E-state index contributed by atoms with van der Waals surface area (Å²) >= 11 is 1.46. The van der Waals surface area contributed by atoms with Crippen LogP contribution in [0.3, 0.4) is 0 Å². The molecule has 5 heteroatoms. The fourth-order valence-electron chi connectivity index (χ4n) is 2.27. The number of aromatic nitrogens is 1. The van der Waals surface area contributed by atoms with Gasteiger partial charge in [0.15, 0.2) is 11.5 Å². The van der Waals surface area contributed by atoms with Gasteiger partial charge in [0, 0.05) is 5.56 Å². The van der Waals surface area contributed by atoms with Crippen molar-refractivity contribution in [3.05, 3.63) is 52.5 Å². The van der Waals surface area contributed by atoms with Gasteiger partial charge in [-0.05, 0) is 37.4 Å². The van der Waals surface area contributed by atoms with E-state index in [4.69, 9.17) is 4.42 Å². The number of hydrogen-bond acceptors (Lipinski definition) is 4. The van der Waals surface area contributed by atoms with Crippen molar-refractivity contribution in [1.82, 2.24) is 4.98 Å². The largest absolute Gasteiger partial charge is 0.476 e. The molecule has 0 saturated heterocycles. The smallest absolute Gasteiger partial charge is 0.358 e. The monoisotopic (exact) mass is 299 g/mol. The van der Waals surface area contributed by atoms with Crippen molar-refractivity contribution in [3.8, 4) is 22.1 Å². The average molecular weight is 299 g/mol. The van der Waals surface area contributed by atoms with Gasteiger partial charge in [-0.15, -0.1) is 11.3 Å². The molecule has 0 unspecified atom stereocenters. The van der Waals surface area contributed by atoms with Crippen LogP contribution < -0.4 is 0 Å². The highest BCUT2D eigenvalue weighted by Crippen LogP contribution is 2.32. The summed E-state index contributed by atoms with van der Waals surface area (Å²) in [7, 11) is 0. The van der Waals surface area contributed by atoms with Crippen LogP contribution in [0.5, 0.6) is 0 Å².